The van der Waals surface area contributed by atoms with Crippen LogP contribution in [0.2, 0.25) is 0 Å². The first-order chi connectivity index (χ1) is 5.96. The minimum absolute atomic E-state index is 0.229. The lowest BCUT2D eigenvalue weighted by molar-refractivity contribution is -0.187. The summed E-state index contributed by atoms with van der Waals surface area (Å²) in [5, 5.41) is 1.13. The SMILES string of the molecule is CON(C)C(=O)[C@H]1COC(C)(C)O1. The van der Waals surface area contributed by atoms with Gasteiger partial charge in [0.1, 0.15) is 0 Å². The molecule has 0 spiro atoms. The molecule has 0 aliphatic carbocycles. The molecule has 1 fully saturated rings. The summed E-state index contributed by atoms with van der Waals surface area (Å²) in [5.41, 5.74) is 0. The zero-order chi connectivity index (χ0) is 10.1. The largest absolute Gasteiger partial charge is 0.347 e. The van der Waals surface area contributed by atoms with Gasteiger partial charge in [0.25, 0.3) is 5.91 Å². The van der Waals surface area contributed by atoms with E-state index in [0.717, 1.165) is 5.06 Å². The van der Waals surface area contributed by atoms with Gasteiger partial charge >= 0.3 is 0 Å². The third-order valence-corrected chi connectivity index (χ3v) is 1.87. The molecule has 0 aromatic rings. The van der Waals surface area contributed by atoms with Crippen molar-refractivity contribution in [2.45, 2.75) is 25.7 Å². The Bertz CT molecular complexity index is 204. The van der Waals surface area contributed by atoms with E-state index >= 15 is 0 Å². The van der Waals surface area contributed by atoms with E-state index in [9.17, 15) is 4.79 Å². The second kappa shape index (κ2) is 3.61. The highest BCUT2D eigenvalue weighted by Gasteiger charge is 2.38. The molecule has 0 aromatic heterocycles. The van der Waals surface area contributed by atoms with Crippen LogP contribution in [0, 0.1) is 0 Å². The van der Waals surface area contributed by atoms with Gasteiger partial charge in [-0.15, -0.1) is 0 Å². The van der Waals surface area contributed by atoms with E-state index in [1.54, 1.807) is 13.8 Å². The fourth-order valence-corrected chi connectivity index (χ4v) is 1.10. The molecule has 1 saturated heterocycles. The topological polar surface area (TPSA) is 48.0 Å². The van der Waals surface area contributed by atoms with Crippen LogP contribution in [-0.4, -0.2) is 43.6 Å². The Balaban J connectivity index is 2.51. The van der Waals surface area contributed by atoms with Gasteiger partial charge in [0.2, 0.25) is 0 Å². The number of amides is 1. The van der Waals surface area contributed by atoms with Crippen LogP contribution >= 0.6 is 0 Å². The number of hydrogen-bond acceptors (Lipinski definition) is 4. The maximum Gasteiger partial charge on any atom is 0.277 e. The molecule has 1 atom stereocenters. The molecule has 0 radical (unpaired) electrons. The van der Waals surface area contributed by atoms with Gasteiger partial charge in [-0.2, -0.15) is 0 Å². The fraction of sp³-hybridized carbons (Fsp3) is 0.875. The average Bonchev–Trinajstić information content (AvgIpc) is 2.43. The standard InChI is InChI=1S/C8H15NO4/c1-8(2)12-5-6(13-8)7(10)9(3)11-4/h6H,5H2,1-4H3/t6-/m1/s1. The van der Waals surface area contributed by atoms with E-state index in [0.29, 0.717) is 0 Å². The molecule has 76 valence electrons. The lowest BCUT2D eigenvalue weighted by Crippen LogP contribution is -2.38. The Labute approximate surface area is 77.5 Å². The Hall–Kier alpha value is -0.650. The highest BCUT2D eigenvalue weighted by Crippen LogP contribution is 2.23. The van der Waals surface area contributed by atoms with Crippen molar-refractivity contribution in [3.05, 3.63) is 0 Å². The number of hydroxylamine groups is 2. The van der Waals surface area contributed by atoms with Crippen LogP contribution in [-0.2, 0) is 19.1 Å². The molecule has 1 rings (SSSR count). The molecule has 0 bridgehead atoms. The molecule has 5 nitrogen and oxygen atoms in total. The molecule has 13 heavy (non-hydrogen) atoms. The van der Waals surface area contributed by atoms with E-state index in [-0.39, 0.29) is 12.5 Å². The van der Waals surface area contributed by atoms with Gasteiger partial charge in [0, 0.05) is 7.05 Å². The predicted molar refractivity (Wildman–Crippen MR) is 44.7 cm³/mol. The van der Waals surface area contributed by atoms with Gasteiger partial charge in [-0.25, -0.2) is 5.06 Å². The van der Waals surface area contributed by atoms with Crippen LogP contribution in [0.3, 0.4) is 0 Å². The molecular weight excluding hydrogens is 174 g/mol. The maximum atomic E-state index is 11.5. The second-order valence-corrected chi connectivity index (χ2v) is 3.34. The maximum absolute atomic E-state index is 11.5. The van der Waals surface area contributed by atoms with Crippen LogP contribution in [0.25, 0.3) is 0 Å². The number of rotatable bonds is 2. The highest BCUT2D eigenvalue weighted by atomic mass is 16.8. The fourth-order valence-electron chi connectivity index (χ4n) is 1.10. The normalized spacial score (nSPS) is 26.0. The van der Waals surface area contributed by atoms with Crippen molar-refractivity contribution in [2.24, 2.45) is 0 Å². The highest BCUT2D eigenvalue weighted by molar-refractivity contribution is 5.80. The van der Waals surface area contributed by atoms with Gasteiger partial charge in [-0.05, 0) is 13.8 Å². The van der Waals surface area contributed by atoms with Gasteiger partial charge < -0.3 is 9.47 Å². The van der Waals surface area contributed by atoms with Crippen molar-refractivity contribution in [3.63, 3.8) is 0 Å². The Morgan fingerprint density at radius 1 is 1.62 bits per heavy atom. The number of ether oxygens (including phenoxy) is 2. The second-order valence-electron chi connectivity index (χ2n) is 3.34. The van der Waals surface area contributed by atoms with Gasteiger partial charge in [0.15, 0.2) is 11.9 Å². The van der Waals surface area contributed by atoms with Crippen molar-refractivity contribution < 1.29 is 19.1 Å². The first-order valence-corrected chi connectivity index (χ1v) is 4.10. The molecule has 0 N–H and O–H groups in total. The van der Waals surface area contributed by atoms with Crippen molar-refractivity contribution in [1.82, 2.24) is 5.06 Å². The number of hydrogen-bond donors (Lipinski definition) is 0. The van der Waals surface area contributed by atoms with Gasteiger partial charge in [0.05, 0.1) is 13.7 Å². The molecule has 1 heterocycles. The summed E-state index contributed by atoms with van der Waals surface area (Å²) in [6, 6.07) is 0. The molecule has 1 aliphatic rings. The summed E-state index contributed by atoms with van der Waals surface area (Å²) in [6.07, 6.45) is -0.556. The van der Waals surface area contributed by atoms with Crippen molar-refractivity contribution in [3.8, 4) is 0 Å². The Kier molecular flexibility index (Phi) is 2.90. The van der Waals surface area contributed by atoms with Crippen molar-refractivity contribution >= 4 is 5.91 Å². The van der Waals surface area contributed by atoms with E-state index in [4.69, 9.17) is 14.3 Å². The summed E-state index contributed by atoms with van der Waals surface area (Å²) in [4.78, 5) is 16.2. The lowest BCUT2D eigenvalue weighted by atomic mass is 10.3. The summed E-state index contributed by atoms with van der Waals surface area (Å²) < 4.78 is 10.6. The smallest absolute Gasteiger partial charge is 0.277 e. The number of nitrogens with zero attached hydrogens (tertiary/aromatic N) is 1. The van der Waals surface area contributed by atoms with Crippen molar-refractivity contribution in [2.75, 3.05) is 20.8 Å². The van der Waals surface area contributed by atoms with E-state index in [1.807, 2.05) is 0 Å². The monoisotopic (exact) mass is 189 g/mol. The van der Waals surface area contributed by atoms with Crippen LogP contribution in [0.4, 0.5) is 0 Å². The minimum atomic E-state index is -0.672. The zero-order valence-electron chi connectivity index (χ0n) is 8.36. The molecule has 0 saturated carbocycles. The third-order valence-electron chi connectivity index (χ3n) is 1.87. The quantitative estimate of drug-likeness (QED) is 0.580. The van der Waals surface area contributed by atoms with Crippen LogP contribution in [0.15, 0.2) is 0 Å². The minimum Gasteiger partial charge on any atom is -0.347 e. The first-order valence-electron chi connectivity index (χ1n) is 4.10. The Morgan fingerprint density at radius 2 is 2.23 bits per heavy atom. The van der Waals surface area contributed by atoms with Crippen LogP contribution < -0.4 is 0 Å². The molecule has 0 aromatic carbocycles. The van der Waals surface area contributed by atoms with E-state index in [2.05, 4.69) is 0 Å². The van der Waals surface area contributed by atoms with Crippen LogP contribution in [0.5, 0.6) is 0 Å². The van der Waals surface area contributed by atoms with Gasteiger partial charge in [-0.1, -0.05) is 0 Å². The molecule has 5 heteroatoms. The first kappa shape index (κ1) is 10.4. The molecule has 1 amide bonds. The van der Waals surface area contributed by atoms with Gasteiger partial charge in [-0.3, -0.25) is 9.63 Å². The Morgan fingerprint density at radius 3 is 2.62 bits per heavy atom. The number of carbonyl (C=O) groups excluding carboxylic acids is 1. The summed E-state index contributed by atoms with van der Waals surface area (Å²) >= 11 is 0. The van der Waals surface area contributed by atoms with Crippen LogP contribution in [0.1, 0.15) is 13.8 Å². The summed E-state index contributed by atoms with van der Waals surface area (Å²) in [5.74, 6) is -0.900. The average molecular weight is 189 g/mol. The van der Waals surface area contributed by atoms with Crippen molar-refractivity contribution in [1.29, 1.82) is 0 Å². The molecule has 1 aliphatic heterocycles. The predicted octanol–water partition coefficient (Wildman–Crippen LogP) is 0.158. The third kappa shape index (κ3) is 2.40. The lowest BCUT2D eigenvalue weighted by Gasteiger charge is -2.19. The number of carbonyl (C=O) groups is 1. The van der Waals surface area contributed by atoms with E-state index < -0.39 is 11.9 Å². The summed E-state index contributed by atoms with van der Waals surface area (Å²) in [7, 11) is 2.97. The summed E-state index contributed by atoms with van der Waals surface area (Å²) in [6.45, 7) is 3.82. The molecular formula is C8H15NO4. The zero-order valence-corrected chi connectivity index (χ0v) is 8.36. The van der Waals surface area contributed by atoms with E-state index in [1.165, 1.54) is 14.2 Å². The number of likely N-dealkylation sites (N-methyl/N-ethyl adjacent to an activating group) is 1. The molecule has 0 unspecified atom stereocenters.